The molecule has 7 rings (SSSR count). The van der Waals surface area contributed by atoms with Crippen LogP contribution in [0.15, 0.2) is 46.9 Å². The fourth-order valence-corrected chi connectivity index (χ4v) is 6.50. The normalized spacial score (nSPS) is 17.7. The van der Waals surface area contributed by atoms with Crippen LogP contribution in [0.5, 0.6) is 5.88 Å². The third kappa shape index (κ3) is 5.31. The lowest BCUT2D eigenvalue weighted by Crippen LogP contribution is -2.46. The Balaban J connectivity index is 1.00. The van der Waals surface area contributed by atoms with Crippen LogP contribution in [0.2, 0.25) is 5.02 Å². The quantitative estimate of drug-likeness (QED) is 0.234. The van der Waals surface area contributed by atoms with E-state index in [9.17, 15) is 14.3 Å². The van der Waals surface area contributed by atoms with Gasteiger partial charge in [0.25, 0.3) is 6.01 Å². The van der Waals surface area contributed by atoms with Crippen molar-refractivity contribution >= 4 is 56.0 Å². The molecule has 6 heterocycles. The van der Waals surface area contributed by atoms with E-state index in [1.54, 1.807) is 24.3 Å². The van der Waals surface area contributed by atoms with Gasteiger partial charge in [-0.2, -0.15) is 9.37 Å². The summed E-state index contributed by atoms with van der Waals surface area (Å²) >= 11 is 7.38. The van der Waals surface area contributed by atoms with Crippen molar-refractivity contribution in [2.45, 2.75) is 32.2 Å². The number of hydrogen-bond acceptors (Lipinski definition) is 9. The molecule has 2 aliphatic rings. The van der Waals surface area contributed by atoms with E-state index in [4.69, 9.17) is 35.5 Å². The van der Waals surface area contributed by atoms with E-state index in [-0.39, 0.29) is 12.7 Å². The van der Waals surface area contributed by atoms with Crippen LogP contribution in [0.25, 0.3) is 21.3 Å². The molecule has 0 amide bonds. The van der Waals surface area contributed by atoms with Gasteiger partial charge in [-0.25, -0.2) is 9.78 Å². The summed E-state index contributed by atoms with van der Waals surface area (Å²) in [6, 6.07) is 11.4. The molecule has 1 aromatic carbocycles. The number of hydrogen-bond donors (Lipinski definition) is 1. The van der Waals surface area contributed by atoms with Crippen LogP contribution in [0.4, 0.5) is 10.2 Å². The topological polar surface area (TPSA) is 106 Å². The fourth-order valence-electron chi connectivity index (χ4n) is 5.40. The number of rotatable bonds is 9. The van der Waals surface area contributed by atoms with Crippen LogP contribution in [-0.4, -0.2) is 69.4 Å². The minimum atomic E-state index is -0.930. The second-order valence-electron chi connectivity index (χ2n) is 10.4. The molecule has 10 nitrogen and oxygen atoms in total. The Morgan fingerprint density at radius 2 is 2.00 bits per heavy atom. The summed E-state index contributed by atoms with van der Waals surface area (Å²) in [6.07, 6.45) is 1.13. The third-order valence-corrected chi connectivity index (χ3v) is 9.08. The van der Waals surface area contributed by atoms with Gasteiger partial charge < -0.3 is 28.5 Å². The van der Waals surface area contributed by atoms with Gasteiger partial charge in [0, 0.05) is 55.9 Å². The number of carboxylic acid groups (broad SMARTS) is 1. The van der Waals surface area contributed by atoms with Crippen LogP contribution in [-0.2, 0) is 24.4 Å². The number of halogens is 2. The molecule has 2 aliphatic heterocycles. The van der Waals surface area contributed by atoms with Crippen LogP contribution < -0.4 is 9.64 Å². The number of thiophene rings is 1. The molecule has 0 bridgehead atoms. The van der Waals surface area contributed by atoms with Crippen LogP contribution >= 0.6 is 22.9 Å². The number of aromatic nitrogens is 3. The maximum atomic E-state index is 13.7. The van der Waals surface area contributed by atoms with E-state index in [0.717, 1.165) is 61.2 Å². The third-order valence-electron chi connectivity index (χ3n) is 7.74. The summed E-state index contributed by atoms with van der Waals surface area (Å²) in [5.74, 6) is 1.28. The maximum absolute atomic E-state index is 13.7. The number of fused-ring (bicyclic) bond motifs is 2. The number of carbonyl (C=O) groups is 1. The average Bonchev–Trinajstić information content (AvgIpc) is 3.64. The Morgan fingerprint density at radius 3 is 2.76 bits per heavy atom. The van der Waals surface area contributed by atoms with Crippen molar-refractivity contribution in [2.24, 2.45) is 0 Å². The molecule has 2 saturated heterocycles. The molecule has 0 spiro atoms. The average molecular weight is 612 g/mol. The Hall–Kier alpha value is -3.71. The number of aromatic carboxylic acids is 1. The molecule has 218 valence electrons. The minimum absolute atomic E-state index is 0.137. The van der Waals surface area contributed by atoms with Crippen LogP contribution in [0.1, 0.15) is 27.5 Å². The highest BCUT2D eigenvalue weighted by atomic mass is 35.5. The summed E-state index contributed by atoms with van der Waals surface area (Å²) in [7, 11) is 0. The number of pyridine rings is 1. The minimum Gasteiger partial charge on any atom is -0.477 e. The summed E-state index contributed by atoms with van der Waals surface area (Å²) < 4.78 is 32.6. The second kappa shape index (κ2) is 11.2. The van der Waals surface area contributed by atoms with Crippen molar-refractivity contribution in [3.05, 3.63) is 69.8 Å². The molecule has 0 unspecified atom stereocenters. The van der Waals surface area contributed by atoms with Gasteiger partial charge in [-0.05, 0) is 24.6 Å². The van der Waals surface area contributed by atoms with Gasteiger partial charge in [0.1, 0.15) is 33.5 Å². The number of imidazole rings is 1. The highest BCUT2D eigenvalue weighted by molar-refractivity contribution is 7.20. The number of carboxylic acids is 1. The van der Waals surface area contributed by atoms with Gasteiger partial charge in [-0.15, -0.1) is 11.3 Å². The van der Waals surface area contributed by atoms with Gasteiger partial charge in [-0.3, -0.25) is 4.90 Å². The van der Waals surface area contributed by atoms with Gasteiger partial charge in [0.2, 0.25) is 5.88 Å². The van der Waals surface area contributed by atoms with E-state index >= 15 is 0 Å². The molecule has 2 fully saturated rings. The lowest BCUT2D eigenvalue weighted by atomic mass is 10.1. The lowest BCUT2D eigenvalue weighted by molar-refractivity contribution is -0.0592. The Morgan fingerprint density at radius 1 is 1.17 bits per heavy atom. The van der Waals surface area contributed by atoms with Crippen molar-refractivity contribution < 1.29 is 28.2 Å². The van der Waals surface area contributed by atoms with Gasteiger partial charge in [-0.1, -0.05) is 23.7 Å². The zero-order valence-corrected chi connectivity index (χ0v) is 24.0. The van der Waals surface area contributed by atoms with Gasteiger partial charge >= 0.3 is 5.97 Å². The largest absolute Gasteiger partial charge is 0.477 e. The van der Waals surface area contributed by atoms with Crippen molar-refractivity contribution in [1.29, 1.82) is 0 Å². The molecule has 4 aromatic heterocycles. The zero-order valence-electron chi connectivity index (χ0n) is 22.5. The SMILES string of the molecule is O=C(O)c1cc2c(nc(CN3CCN(c4cccc(OCc5ccc(Cl)c6cc(F)oc56)n4)CC3)n2C[C@@H]2CCO2)s1. The van der Waals surface area contributed by atoms with Crippen LogP contribution in [0.3, 0.4) is 0 Å². The Labute approximate surface area is 248 Å². The molecule has 1 atom stereocenters. The first kappa shape index (κ1) is 27.1. The number of piperazine rings is 1. The molecule has 42 heavy (non-hydrogen) atoms. The van der Waals surface area contributed by atoms with E-state index in [2.05, 4.69) is 14.4 Å². The second-order valence-corrected chi connectivity index (χ2v) is 11.8. The fraction of sp³-hybridized carbons (Fsp3) is 0.345. The molecule has 5 aromatic rings. The summed E-state index contributed by atoms with van der Waals surface area (Å²) in [6.45, 7) is 5.47. The van der Waals surface area contributed by atoms with Crippen molar-refractivity contribution in [1.82, 2.24) is 19.4 Å². The predicted octanol–water partition coefficient (Wildman–Crippen LogP) is 5.42. The van der Waals surface area contributed by atoms with Crippen molar-refractivity contribution in [3.63, 3.8) is 0 Å². The number of ether oxygens (including phenoxy) is 2. The number of nitrogens with zero attached hydrogens (tertiary/aromatic N) is 5. The molecule has 0 saturated carbocycles. The first-order valence-corrected chi connectivity index (χ1v) is 14.9. The first-order valence-electron chi connectivity index (χ1n) is 13.7. The van der Waals surface area contributed by atoms with E-state index in [1.807, 2.05) is 12.1 Å². The standard InChI is InChI=1S/C29H27ClFN5O5S/c30-20-5-4-17(27-19(20)12-23(31)41-27)16-40-26-3-1-2-24(32-26)35-9-7-34(8-10-35)15-25-33-28-21(13-22(42-28)29(37)38)36(25)14-18-6-11-39-18/h1-5,12-13,18H,6-11,14-16H2,(H,37,38)/t18-/m0/s1. The molecule has 1 N–H and O–H groups in total. The molecular weight excluding hydrogens is 585 g/mol. The number of furan rings is 1. The summed E-state index contributed by atoms with van der Waals surface area (Å²) in [5.41, 5.74) is 1.91. The van der Waals surface area contributed by atoms with Gasteiger partial charge in [0.05, 0.1) is 29.7 Å². The van der Waals surface area contributed by atoms with E-state index in [1.165, 1.54) is 17.4 Å². The highest BCUT2D eigenvalue weighted by Crippen LogP contribution is 2.31. The lowest BCUT2D eigenvalue weighted by Gasteiger charge is -2.35. The van der Waals surface area contributed by atoms with Crippen LogP contribution in [0, 0.1) is 6.01 Å². The van der Waals surface area contributed by atoms with Gasteiger partial charge in [0.15, 0.2) is 0 Å². The van der Waals surface area contributed by atoms with E-state index in [0.29, 0.717) is 45.4 Å². The summed E-state index contributed by atoms with van der Waals surface area (Å²) in [5, 5.41) is 10.4. The Kier molecular flexibility index (Phi) is 7.22. The molecular formula is C29H27ClFN5O5S. The molecule has 13 heteroatoms. The zero-order chi connectivity index (χ0) is 28.8. The maximum Gasteiger partial charge on any atom is 0.346 e. The monoisotopic (exact) mass is 611 g/mol. The molecule has 0 aliphatic carbocycles. The smallest absolute Gasteiger partial charge is 0.346 e. The number of benzene rings is 1. The Bertz CT molecular complexity index is 1780. The first-order chi connectivity index (χ1) is 20.4. The van der Waals surface area contributed by atoms with Crippen molar-refractivity contribution in [2.75, 3.05) is 37.7 Å². The van der Waals surface area contributed by atoms with E-state index < -0.39 is 12.0 Å². The predicted molar refractivity (Wildman–Crippen MR) is 156 cm³/mol. The summed E-state index contributed by atoms with van der Waals surface area (Å²) in [4.78, 5) is 26.7. The highest BCUT2D eigenvalue weighted by Gasteiger charge is 2.26. The van der Waals surface area contributed by atoms with Crippen molar-refractivity contribution in [3.8, 4) is 5.88 Å². The number of anilines is 1. The molecule has 0 radical (unpaired) electrons.